The fourth-order valence-electron chi connectivity index (χ4n) is 3.97. The Morgan fingerprint density at radius 2 is 1.83 bits per heavy atom. The lowest BCUT2D eigenvalue weighted by Crippen LogP contribution is -2.14. The number of fused-ring (bicyclic) bond motifs is 1. The fourth-order valence-corrected chi connectivity index (χ4v) is 4.14. The second-order valence-electron chi connectivity index (χ2n) is 7.90. The molecular weight excluding hydrogens is 467 g/mol. The van der Waals surface area contributed by atoms with Gasteiger partial charge >= 0.3 is 0 Å². The van der Waals surface area contributed by atoms with Crippen LogP contribution in [0, 0.1) is 12.7 Å². The standard InChI is InChI=1S/C27H20ClFN4O2/c1-16-22(15-30-33(16)19-10-8-18(29)9-11-19)24-14-21(20-5-3-4-6-23(20)31-24)27(34)32-25-13-17(28)7-12-26(25)35-2/h3-15H,1-2H3,(H,32,34). The van der Waals surface area contributed by atoms with Gasteiger partial charge in [0.05, 0.1) is 47.1 Å². The molecule has 5 aromatic rings. The van der Waals surface area contributed by atoms with E-state index in [-0.39, 0.29) is 11.7 Å². The van der Waals surface area contributed by atoms with Gasteiger partial charge < -0.3 is 10.1 Å². The molecule has 0 atom stereocenters. The van der Waals surface area contributed by atoms with E-state index >= 15 is 0 Å². The van der Waals surface area contributed by atoms with Gasteiger partial charge in [-0.25, -0.2) is 14.1 Å². The Hall–Kier alpha value is -4.23. The van der Waals surface area contributed by atoms with Crippen LogP contribution >= 0.6 is 11.6 Å². The second kappa shape index (κ2) is 9.19. The zero-order valence-electron chi connectivity index (χ0n) is 18.9. The summed E-state index contributed by atoms with van der Waals surface area (Å²) in [7, 11) is 1.53. The number of rotatable bonds is 5. The monoisotopic (exact) mass is 486 g/mol. The van der Waals surface area contributed by atoms with Crippen molar-refractivity contribution in [3.8, 4) is 22.7 Å². The molecule has 5 rings (SSSR count). The molecule has 0 unspecified atom stereocenters. The van der Waals surface area contributed by atoms with Crippen molar-refractivity contribution in [3.05, 3.63) is 101 Å². The molecule has 0 fully saturated rings. The smallest absolute Gasteiger partial charge is 0.256 e. The van der Waals surface area contributed by atoms with Crippen LogP contribution in [0.5, 0.6) is 5.75 Å². The molecule has 35 heavy (non-hydrogen) atoms. The zero-order valence-corrected chi connectivity index (χ0v) is 19.7. The van der Waals surface area contributed by atoms with Gasteiger partial charge in [0, 0.05) is 16.0 Å². The number of hydrogen-bond acceptors (Lipinski definition) is 4. The Balaban J connectivity index is 1.59. The average molecular weight is 487 g/mol. The lowest BCUT2D eigenvalue weighted by atomic mass is 10.0. The maximum Gasteiger partial charge on any atom is 0.256 e. The largest absolute Gasteiger partial charge is 0.495 e. The van der Waals surface area contributed by atoms with Gasteiger partial charge in [0.2, 0.25) is 0 Å². The zero-order chi connectivity index (χ0) is 24.5. The van der Waals surface area contributed by atoms with Crippen LogP contribution in [0.3, 0.4) is 0 Å². The van der Waals surface area contributed by atoms with E-state index in [1.807, 2.05) is 31.2 Å². The molecule has 1 amide bonds. The number of benzene rings is 3. The summed E-state index contributed by atoms with van der Waals surface area (Å²) in [6.07, 6.45) is 1.69. The number of anilines is 1. The summed E-state index contributed by atoms with van der Waals surface area (Å²) in [6, 6.07) is 20.3. The fraction of sp³-hybridized carbons (Fsp3) is 0.0741. The molecule has 2 heterocycles. The number of methoxy groups -OCH3 is 1. The van der Waals surface area contributed by atoms with Crippen LogP contribution in [-0.4, -0.2) is 27.8 Å². The number of nitrogens with zero attached hydrogens (tertiary/aromatic N) is 3. The van der Waals surface area contributed by atoms with Gasteiger partial charge in [0.25, 0.3) is 5.91 Å². The van der Waals surface area contributed by atoms with Crippen LogP contribution in [0.25, 0.3) is 27.8 Å². The van der Waals surface area contributed by atoms with Crippen LogP contribution < -0.4 is 10.1 Å². The Morgan fingerprint density at radius 1 is 1.06 bits per heavy atom. The number of halogens is 2. The van der Waals surface area contributed by atoms with E-state index < -0.39 is 0 Å². The summed E-state index contributed by atoms with van der Waals surface area (Å²) in [5, 5.41) is 8.56. The molecule has 0 aliphatic rings. The van der Waals surface area contributed by atoms with E-state index in [9.17, 15) is 9.18 Å². The van der Waals surface area contributed by atoms with Crippen LogP contribution in [0.1, 0.15) is 16.1 Å². The lowest BCUT2D eigenvalue weighted by molar-refractivity contribution is 0.102. The number of amides is 1. The van der Waals surface area contributed by atoms with Crippen LogP contribution in [-0.2, 0) is 0 Å². The molecule has 0 spiro atoms. The van der Waals surface area contributed by atoms with Crippen molar-refractivity contribution >= 4 is 34.1 Å². The summed E-state index contributed by atoms with van der Waals surface area (Å²) in [4.78, 5) is 18.2. The molecular formula is C27H20ClFN4O2. The molecule has 2 aromatic heterocycles. The van der Waals surface area contributed by atoms with E-state index in [0.29, 0.717) is 38.6 Å². The van der Waals surface area contributed by atoms with Crippen molar-refractivity contribution in [1.29, 1.82) is 0 Å². The molecule has 0 aliphatic carbocycles. The number of para-hydroxylation sites is 1. The summed E-state index contributed by atoms with van der Waals surface area (Å²) < 4.78 is 20.5. The normalized spacial score (nSPS) is 11.0. The van der Waals surface area contributed by atoms with E-state index in [4.69, 9.17) is 21.3 Å². The topological polar surface area (TPSA) is 69.0 Å². The molecule has 0 saturated carbocycles. The first-order valence-corrected chi connectivity index (χ1v) is 11.2. The van der Waals surface area contributed by atoms with Gasteiger partial charge in [-0.05, 0) is 61.5 Å². The Bertz CT molecular complexity index is 1560. The van der Waals surface area contributed by atoms with Gasteiger partial charge in [-0.1, -0.05) is 29.8 Å². The van der Waals surface area contributed by atoms with Gasteiger partial charge in [0.15, 0.2) is 0 Å². The Kier molecular flexibility index (Phi) is 5.93. The van der Waals surface area contributed by atoms with E-state index in [2.05, 4.69) is 10.4 Å². The van der Waals surface area contributed by atoms with Crippen molar-refractivity contribution in [2.75, 3.05) is 12.4 Å². The first-order chi connectivity index (χ1) is 16.9. The molecule has 8 heteroatoms. The molecule has 0 saturated heterocycles. The van der Waals surface area contributed by atoms with Crippen molar-refractivity contribution in [2.24, 2.45) is 0 Å². The maximum atomic E-state index is 13.4. The summed E-state index contributed by atoms with van der Waals surface area (Å²) in [6.45, 7) is 1.90. The van der Waals surface area contributed by atoms with E-state index in [1.54, 1.807) is 47.3 Å². The molecule has 0 bridgehead atoms. The molecule has 174 valence electrons. The summed E-state index contributed by atoms with van der Waals surface area (Å²) in [5.41, 5.74) is 4.47. The van der Waals surface area contributed by atoms with E-state index in [0.717, 1.165) is 16.9 Å². The predicted octanol–water partition coefficient (Wildman–Crippen LogP) is 6.45. The average Bonchev–Trinajstić information content (AvgIpc) is 3.25. The van der Waals surface area contributed by atoms with Crippen molar-refractivity contribution < 1.29 is 13.9 Å². The number of carbonyl (C=O) groups excluding carboxylic acids is 1. The number of nitrogens with one attached hydrogen (secondary N) is 1. The molecule has 0 aliphatic heterocycles. The number of aromatic nitrogens is 3. The van der Waals surface area contributed by atoms with E-state index in [1.165, 1.54) is 19.2 Å². The highest BCUT2D eigenvalue weighted by molar-refractivity contribution is 6.31. The SMILES string of the molecule is COc1ccc(Cl)cc1NC(=O)c1cc(-c2cnn(-c3ccc(F)cc3)c2C)nc2ccccc12. The minimum absolute atomic E-state index is 0.318. The highest BCUT2D eigenvalue weighted by Crippen LogP contribution is 2.31. The van der Waals surface area contributed by atoms with Gasteiger partial charge in [0.1, 0.15) is 11.6 Å². The Labute approximate surface area is 205 Å². The molecule has 1 N–H and O–H groups in total. The third-order valence-corrected chi connectivity index (χ3v) is 5.96. The number of ether oxygens (including phenoxy) is 1. The van der Waals surface area contributed by atoms with Gasteiger partial charge in [-0.3, -0.25) is 4.79 Å². The van der Waals surface area contributed by atoms with Crippen molar-refractivity contribution in [2.45, 2.75) is 6.92 Å². The minimum atomic E-state index is -0.325. The first-order valence-electron chi connectivity index (χ1n) is 10.8. The molecule has 6 nitrogen and oxygen atoms in total. The number of pyridine rings is 1. The van der Waals surface area contributed by atoms with Crippen LogP contribution in [0.4, 0.5) is 10.1 Å². The predicted molar refractivity (Wildman–Crippen MR) is 135 cm³/mol. The highest BCUT2D eigenvalue weighted by atomic mass is 35.5. The van der Waals surface area contributed by atoms with Crippen LogP contribution in [0.15, 0.2) is 79.0 Å². The highest BCUT2D eigenvalue weighted by Gasteiger charge is 2.18. The van der Waals surface area contributed by atoms with Gasteiger partial charge in [-0.2, -0.15) is 5.10 Å². The number of hydrogen-bond donors (Lipinski definition) is 1. The Morgan fingerprint density at radius 3 is 2.60 bits per heavy atom. The van der Waals surface area contributed by atoms with Crippen molar-refractivity contribution in [3.63, 3.8) is 0 Å². The van der Waals surface area contributed by atoms with Gasteiger partial charge in [-0.15, -0.1) is 0 Å². The molecule has 3 aromatic carbocycles. The van der Waals surface area contributed by atoms with Crippen molar-refractivity contribution in [1.82, 2.24) is 14.8 Å². The summed E-state index contributed by atoms with van der Waals surface area (Å²) >= 11 is 6.14. The minimum Gasteiger partial charge on any atom is -0.495 e. The first kappa shape index (κ1) is 22.6. The number of carbonyl (C=O) groups is 1. The third-order valence-electron chi connectivity index (χ3n) is 5.73. The van der Waals surface area contributed by atoms with Crippen LogP contribution in [0.2, 0.25) is 5.02 Å². The quantitative estimate of drug-likeness (QED) is 0.310. The third kappa shape index (κ3) is 4.34. The lowest BCUT2D eigenvalue weighted by Gasteiger charge is -2.13. The maximum absolute atomic E-state index is 13.4. The summed E-state index contributed by atoms with van der Waals surface area (Å²) in [5.74, 6) is -0.145. The molecule has 0 radical (unpaired) electrons. The second-order valence-corrected chi connectivity index (χ2v) is 8.34.